The van der Waals surface area contributed by atoms with E-state index in [4.69, 9.17) is 4.74 Å². The van der Waals surface area contributed by atoms with E-state index >= 15 is 0 Å². The van der Waals surface area contributed by atoms with Crippen LogP contribution in [0.4, 0.5) is 0 Å². The summed E-state index contributed by atoms with van der Waals surface area (Å²) in [5.74, 6) is -2.10. The van der Waals surface area contributed by atoms with E-state index in [-0.39, 0.29) is 6.61 Å². The summed E-state index contributed by atoms with van der Waals surface area (Å²) in [7, 11) is 0. The molecule has 0 spiro atoms. The van der Waals surface area contributed by atoms with Crippen LogP contribution in [-0.4, -0.2) is 53.5 Å². The fourth-order valence-corrected chi connectivity index (χ4v) is 3.50. The second-order valence-corrected chi connectivity index (χ2v) is 7.92. The Kier molecular flexibility index (Phi) is 14.2. The average molecular weight is 401 g/mol. The van der Waals surface area contributed by atoms with Gasteiger partial charge < -0.3 is 19.7 Å². The van der Waals surface area contributed by atoms with Crippen LogP contribution in [-0.2, 0) is 19.1 Å². The summed E-state index contributed by atoms with van der Waals surface area (Å²) < 4.78 is 10.0. The van der Waals surface area contributed by atoms with E-state index < -0.39 is 30.1 Å². The Morgan fingerprint density at radius 2 is 1.32 bits per heavy atom. The molecule has 1 aliphatic rings. The first-order valence-electron chi connectivity index (χ1n) is 11.3. The molecule has 28 heavy (non-hydrogen) atoms. The highest BCUT2D eigenvalue weighted by Gasteiger charge is 2.46. The third kappa shape index (κ3) is 10.5. The molecular formula is C22H40O6. The maximum absolute atomic E-state index is 11.2. The van der Waals surface area contributed by atoms with Crippen LogP contribution >= 0.6 is 0 Å². The number of esters is 1. The number of ether oxygens (including phenoxy) is 2. The van der Waals surface area contributed by atoms with Crippen LogP contribution in [0.15, 0.2) is 0 Å². The number of cyclic esters (lactones) is 1. The van der Waals surface area contributed by atoms with Gasteiger partial charge in [0, 0.05) is 6.61 Å². The fourth-order valence-electron chi connectivity index (χ4n) is 3.50. The predicted octanol–water partition coefficient (Wildman–Crippen LogP) is 3.70. The minimum Gasteiger partial charge on any atom is -0.450 e. The van der Waals surface area contributed by atoms with Crippen molar-refractivity contribution in [1.82, 2.24) is 0 Å². The van der Waals surface area contributed by atoms with Gasteiger partial charge in [0.25, 0.3) is 5.78 Å². The molecule has 1 fully saturated rings. The second kappa shape index (κ2) is 15.9. The van der Waals surface area contributed by atoms with E-state index in [1.807, 2.05) is 0 Å². The van der Waals surface area contributed by atoms with Gasteiger partial charge >= 0.3 is 5.97 Å². The van der Waals surface area contributed by atoms with Crippen molar-refractivity contribution in [2.45, 2.75) is 115 Å². The standard InChI is InChI=1S/C22H40O6/c1-2-3-4-5-6-7-8-9-10-11-12-13-14-15-16-27-17-18(23)21-19(24)20(25)22(26)28-21/h18-19,21,23-24H,2-17H2,1H3/t18-,19?,21+/m0/s1. The van der Waals surface area contributed by atoms with E-state index in [0.717, 1.165) is 12.8 Å². The minimum atomic E-state index is -1.59. The van der Waals surface area contributed by atoms with Gasteiger partial charge in [0.15, 0.2) is 12.2 Å². The molecule has 0 aromatic heterocycles. The zero-order chi connectivity index (χ0) is 20.6. The second-order valence-electron chi connectivity index (χ2n) is 7.92. The van der Waals surface area contributed by atoms with E-state index in [0.29, 0.717) is 6.61 Å². The van der Waals surface area contributed by atoms with Gasteiger partial charge in [-0.2, -0.15) is 0 Å². The number of Topliss-reactive ketones (excluding diaryl/α,β-unsaturated/α-hetero) is 1. The molecule has 6 nitrogen and oxygen atoms in total. The molecule has 6 heteroatoms. The third-order valence-corrected chi connectivity index (χ3v) is 5.33. The Bertz CT molecular complexity index is 425. The highest BCUT2D eigenvalue weighted by atomic mass is 16.6. The fraction of sp³-hybridized carbons (Fsp3) is 0.909. The van der Waals surface area contributed by atoms with Crippen LogP contribution < -0.4 is 0 Å². The van der Waals surface area contributed by atoms with Crippen LogP contribution in [0.5, 0.6) is 0 Å². The molecule has 0 aliphatic carbocycles. The van der Waals surface area contributed by atoms with Crippen molar-refractivity contribution >= 4 is 11.8 Å². The van der Waals surface area contributed by atoms with Crippen molar-refractivity contribution in [2.24, 2.45) is 0 Å². The van der Waals surface area contributed by atoms with Crippen LogP contribution in [0.25, 0.3) is 0 Å². The minimum absolute atomic E-state index is 0.0548. The molecule has 2 N–H and O–H groups in total. The summed E-state index contributed by atoms with van der Waals surface area (Å²) in [5.41, 5.74) is 0. The summed E-state index contributed by atoms with van der Waals surface area (Å²) in [6, 6.07) is 0. The molecule has 1 heterocycles. The molecule has 1 unspecified atom stereocenters. The maximum atomic E-state index is 11.2. The zero-order valence-corrected chi connectivity index (χ0v) is 17.6. The lowest BCUT2D eigenvalue weighted by Crippen LogP contribution is -2.39. The average Bonchev–Trinajstić information content (AvgIpc) is 2.95. The number of unbranched alkanes of at least 4 members (excludes halogenated alkanes) is 13. The maximum Gasteiger partial charge on any atom is 0.378 e. The van der Waals surface area contributed by atoms with Gasteiger partial charge in [-0.3, -0.25) is 4.79 Å². The summed E-state index contributed by atoms with van der Waals surface area (Å²) in [5, 5.41) is 19.4. The lowest BCUT2D eigenvalue weighted by atomic mass is 10.0. The van der Waals surface area contributed by atoms with Gasteiger partial charge in [0.2, 0.25) is 0 Å². The first-order valence-corrected chi connectivity index (χ1v) is 11.3. The highest BCUT2D eigenvalue weighted by molar-refractivity contribution is 6.37. The molecule has 0 aromatic rings. The summed E-state index contributed by atoms with van der Waals surface area (Å²) in [6.07, 6.45) is 14.1. The number of ketones is 1. The van der Waals surface area contributed by atoms with E-state index in [1.165, 1.54) is 77.0 Å². The van der Waals surface area contributed by atoms with Crippen LogP contribution in [0, 0.1) is 0 Å². The van der Waals surface area contributed by atoms with Crippen LogP contribution in [0.2, 0.25) is 0 Å². The Morgan fingerprint density at radius 1 is 0.857 bits per heavy atom. The van der Waals surface area contributed by atoms with Crippen LogP contribution in [0.1, 0.15) is 96.8 Å². The number of aliphatic hydroxyl groups is 2. The topological polar surface area (TPSA) is 93.1 Å². The van der Waals surface area contributed by atoms with Gasteiger partial charge in [-0.05, 0) is 6.42 Å². The Balaban J connectivity index is 1.82. The molecule has 0 amide bonds. The molecule has 1 rings (SSSR count). The number of carbonyl (C=O) groups excluding carboxylic acids is 2. The van der Waals surface area contributed by atoms with Crippen molar-refractivity contribution in [1.29, 1.82) is 0 Å². The first-order chi connectivity index (χ1) is 13.6. The Hall–Kier alpha value is -0.980. The quantitative estimate of drug-likeness (QED) is 0.207. The Morgan fingerprint density at radius 3 is 1.75 bits per heavy atom. The lowest BCUT2D eigenvalue weighted by molar-refractivity contribution is -0.152. The van der Waals surface area contributed by atoms with Gasteiger partial charge in [-0.25, -0.2) is 4.79 Å². The molecule has 164 valence electrons. The van der Waals surface area contributed by atoms with Gasteiger partial charge in [0.1, 0.15) is 6.10 Å². The van der Waals surface area contributed by atoms with Crippen LogP contribution in [0.3, 0.4) is 0 Å². The SMILES string of the molecule is CCCCCCCCCCCCCCCCOC[C@H](O)[C@H]1OC(=O)C(=O)C1O. The molecule has 0 radical (unpaired) electrons. The smallest absolute Gasteiger partial charge is 0.378 e. The van der Waals surface area contributed by atoms with Gasteiger partial charge in [0.05, 0.1) is 6.61 Å². The van der Waals surface area contributed by atoms with Gasteiger partial charge in [-0.1, -0.05) is 90.4 Å². The number of carbonyl (C=O) groups is 2. The Labute approximate surface area is 170 Å². The normalized spacial score (nSPS) is 20.5. The highest BCUT2D eigenvalue weighted by Crippen LogP contribution is 2.16. The first kappa shape index (κ1) is 25.1. The number of rotatable bonds is 18. The molecular weight excluding hydrogens is 360 g/mol. The summed E-state index contributed by atoms with van der Waals surface area (Å²) in [6.45, 7) is 2.71. The monoisotopic (exact) mass is 400 g/mol. The molecule has 1 saturated heterocycles. The van der Waals surface area contributed by atoms with Crippen molar-refractivity contribution in [2.75, 3.05) is 13.2 Å². The largest absolute Gasteiger partial charge is 0.450 e. The molecule has 0 aromatic carbocycles. The summed E-state index contributed by atoms with van der Waals surface area (Å²) in [4.78, 5) is 22.2. The van der Waals surface area contributed by atoms with E-state index in [2.05, 4.69) is 11.7 Å². The van der Waals surface area contributed by atoms with Crippen molar-refractivity contribution in [3.05, 3.63) is 0 Å². The van der Waals surface area contributed by atoms with Crippen molar-refractivity contribution in [3.63, 3.8) is 0 Å². The van der Waals surface area contributed by atoms with Gasteiger partial charge in [-0.15, -0.1) is 0 Å². The van der Waals surface area contributed by atoms with Crippen molar-refractivity contribution < 1.29 is 29.3 Å². The number of hydrogen-bond acceptors (Lipinski definition) is 6. The molecule has 0 saturated carbocycles. The van der Waals surface area contributed by atoms with E-state index in [1.54, 1.807) is 0 Å². The van der Waals surface area contributed by atoms with Crippen molar-refractivity contribution in [3.8, 4) is 0 Å². The molecule has 0 bridgehead atoms. The zero-order valence-electron chi connectivity index (χ0n) is 17.6. The third-order valence-electron chi connectivity index (χ3n) is 5.33. The number of aliphatic hydroxyl groups excluding tert-OH is 2. The number of hydrogen-bond donors (Lipinski definition) is 2. The lowest BCUT2D eigenvalue weighted by Gasteiger charge is -2.18. The molecule has 1 aliphatic heterocycles. The summed E-state index contributed by atoms with van der Waals surface area (Å²) >= 11 is 0. The predicted molar refractivity (Wildman–Crippen MR) is 108 cm³/mol. The molecule has 3 atom stereocenters. The van der Waals surface area contributed by atoms with E-state index in [9.17, 15) is 19.8 Å².